The molecule has 0 bridgehead atoms. The first-order valence-corrected chi connectivity index (χ1v) is 23.2. The van der Waals surface area contributed by atoms with Crippen LogP contribution in [0.5, 0.6) is 0 Å². The van der Waals surface area contributed by atoms with Crippen molar-refractivity contribution in [2.24, 2.45) is 0 Å². The van der Waals surface area contributed by atoms with Crippen molar-refractivity contribution >= 4 is 43.9 Å². The lowest BCUT2D eigenvalue weighted by molar-refractivity contribution is 0.633. The van der Waals surface area contributed by atoms with E-state index >= 15 is 0 Å². The fraction of sp³-hybridized carbons (Fsp3) is 0. The Hall–Kier alpha value is -8.98. The second-order valence-electron chi connectivity index (χ2n) is 17.7. The summed E-state index contributed by atoms with van der Waals surface area (Å²) in [6.07, 6.45) is 0. The number of furan rings is 2. The molecule has 2 heterocycles. The molecular weight excluding hydrogens is 825 g/mol. The predicted molar refractivity (Wildman–Crippen MR) is 284 cm³/mol. The zero-order valence-electron chi connectivity index (χ0n) is 37.1. The van der Waals surface area contributed by atoms with Gasteiger partial charge in [-0.2, -0.15) is 0 Å². The van der Waals surface area contributed by atoms with Gasteiger partial charge in [0, 0.05) is 21.5 Å². The van der Waals surface area contributed by atoms with Crippen LogP contribution in [0.15, 0.2) is 264 Å². The Kier molecular flexibility index (Phi) is 9.54. The van der Waals surface area contributed by atoms with E-state index in [2.05, 4.69) is 255 Å². The molecule has 0 aliphatic carbocycles. The van der Waals surface area contributed by atoms with Gasteiger partial charge in [-0.15, -0.1) is 0 Å². The van der Waals surface area contributed by atoms with Crippen LogP contribution in [-0.4, -0.2) is 0 Å². The van der Waals surface area contributed by atoms with Crippen LogP contribution in [0.25, 0.3) is 133 Å². The first-order valence-electron chi connectivity index (χ1n) is 23.2. The number of benzene rings is 11. The summed E-state index contributed by atoms with van der Waals surface area (Å²) >= 11 is 0. The lowest BCUT2D eigenvalue weighted by Crippen LogP contribution is -1.86. The Morgan fingerprint density at radius 3 is 0.676 bits per heavy atom. The average molecular weight is 867 g/mol. The molecule has 0 aliphatic rings. The van der Waals surface area contributed by atoms with E-state index in [4.69, 9.17) is 8.83 Å². The van der Waals surface area contributed by atoms with Crippen LogP contribution in [0.4, 0.5) is 0 Å². The summed E-state index contributed by atoms with van der Waals surface area (Å²) in [5.74, 6) is 0. The summed E-state index contributed by atoms with van der Waals surface area (Å²) in [5, 5.41) is 4.22. The molecule has 0 spiro atoms. The molecule has 0 fully saturated rings. The second kappa shape index (κ2) is 16.5. The lowest BCUT2D eigenvalue weighted by Gasteiger charge is -2.12. The van der Waals surface area contributed by atoms with Crippen LogP contribution in [0, 0.1) is 0 Å². The maximum absolute atomic E-state index is 6.61. The Morgan fingerprint density at radius 2 is 0.397 bits per heavy atom. The molecule has 0 amide bonds. The number of hydrogen-bond donors (Lipinski definition) is 0. The second-order valence-corrected chi connectivity index (χ2v) is 17.7. The third-order valence-electron chi connectivity index (χ3n) is 13.5. The molecule has 11 aromatic carbocycles. The highest BCUT2D eigenvalue weighted by Gasteiger charge is 2.18. The van der Waals surface area contributed by atoms with Gasteiger partial charge in [-0.25, -0.2) is 0 Å². The Balaban J connectivity index is 0.809. The summed E-state index contributed by atoms with van der Waals surface area (Å²) in [6, 6.07) is 91.4. The van der Waals surface area contributed by atoms with E-state index in [1.807, 2.05) is 0 Å². The van der Waals surface area contributed by atoms with Crippen LogP contribution < -0.4 is 0 Å². The van der Waals surface area contributed by atoms with Crippen LogP contribution >= 0.6 is 0 Å². The number of hydrogen-bond acceptors (Lipinski definition) is 2. The van der Waals surface area contributed by atoms with Crippen molar-refractivity contribution in [2.45, 2.75) is 0 Å². The van der Waals surface area contributed by atoms with E-state index in [9.17, 15) is 0 Å². The SMILES string of the molecule is c1ccc(-c2cc(-c3ccccc3)cc(-c3ccc(-c4ccc5oc6c(ccc7c8cc(-c9ccc(-c%10cc(-c%11ccccc%11)cc(-c%11ccccc%11)c%10)cc9)ccc8oc76)c5c4)cc3)c2)cc1. The fourth-order valence-corrected chi connectivity index (χ4v) is 9.92. The van der Waals surface area contributed by atoms with Crippen molar-refractivity contribution in [3.63, 3.8) is 0 Å². The third-order valence-corrected chi connectivity index (χ3v) is 13.5. The highest BCUT2D eigenvalue weighted by molar-refractivity contribution is 6.19. The molecule has 2 aromatic heterocycles. The Labute approximate surface area is 394 Å². The van der Waals surface area contributed by atoms with Crippen LogP contribution in [0.1, 0.15) is 0 Å². The Morgan fingerprint density at radius 1 is 0.162 bits per heavy atom. The van der Waals surface area contributed by atoms with Crippen molar-refractivity contribution in [1.29, 1.82) is 0 Å². The lowest BCUT2D eigenvalue weighted by atomic mass is 9.92. The first kappa shape index (κ1) is 39.4. The maximum Gasteiger partial charge on any atom is 0.178 e. The van der Waals surface area contributed by atoms with E-state index < -0.39 is 0 Å². The van der Waals surface area contributed by atoms with Crippen LogP contribution in [0.3, 0.4) is 0 Å². The van der Waals surface area contributed by atoms with Crippen molar-refractivity contribution < 1.29 is 8.83 Å². The van der Waals surface area contributed by atoms with E-state index in [0.717, 1.165) is 66.1 Å². The molecule has 2 heteroatoms. The quantitative estimate of drug-likeness (QED) is 0.152. The summed E-state index contributed by atoms with van der Waals surface area (Å²) < 4.78 is 13.2. The monoisotopic (exact) mass is 866 g/mol. The van der Waals surface area contributed by atoms with E-state index in [1.54, 1.807) is 0 Å². The van der Waals surface area contributed by atoms with Gasteiger partial charge in [0.25, 0.3) is 0 Å². The molecule has 318 valence electrons. The molecule has 0 aliphatic heterocycles. The minimum absolute atomic E-state index is 0.771. The average Bonchev–Trinajstić information content (AvgIpc) is 4.00. The van der Waals surface area contributed by atoms with E-state index in [0.29, 0.717) is 0 Å². The fourth-order valence-electron chi connectivity index (χ4n) is 9.92. The van der Waals surface area contributed by atoms with Crippen LogP contribution in [-0.2, 0) is 0 Å². The van der Waals surface area contributed by atoms with Crippen LogP contribution in [0.2, 0.25) is 0 Å². The molecule has 13 aromatic rings. The largest absolute Gasteiger partial charge is 0.452 e. The molecule has 13 rings (SSSR count). The standard InChI is InChI=1S/C66H42O2/c1-5-13-43(14-6-1)53-35-54(44-15-7-2-8-16-44)38-57(37-53)49-25-21-47(22-26-49)51-29-33-63-61(41-51)59-31-32-60-62-42-52(30-34-64(62)68-66(60)65(59)67-63)48-23-27-50(28-24-48)58-39-55(45-17-9-3-10-18-45)36-56(40-58)46-19-11-4-12-20-46/h1-42H. The zero-order chi connectivity index (χ0) is 45.0. The van der Waals surface area contributed by atoms with Gasteiger partial charge in [0.2, 0.25) is 0 Å². The molecule has 2 nitrogen and oxygen atoms in total. The van der Waals surface area contributed by atoms with Gasteiger partial charge in [-0.05, 0) is 162 Å². The molecular formula is C66H42O2. The summed E-state index contributed by atoms with van der Waals surface area (Å²) in [7, 11) is 0. The number of rotatable bonds is 8. The van der Waals surface area contributed by atoms with Gasteiger partial charge in [0.15, 0.2) is 11.2 Å². The van der Waals surface area contributed by atoms with Gasteiger partial charge in [-0.3, -0.25) is 0 Å². The third kappa shape index (κ3) is 7.17. The first-order chi connectivity index (χ1) is 33.6. The molecule has 0 unspecified atom stereocenters. The normalized spacial score (nSPS) is 11.5. The maximum atomic E-state index is 6.61. The number of fused-ring (bicyclic) bond motifs is 7. The van der Waals surface area contributed by atoms with Gasteiger partial charge < -0.3 is 8.83 Å². The summed E-state index contributed by atoms with van der Waals surface area (Å²) in [4.78, 5) is 0. The van der Waals surface area contributed by atoms with Crippen molar-refractivity contribution in [2.75, 3.05) is 0 Å². The summed E-state index contributed by atoms with van der Waals surface area (Å²) in [6.45, 7) is 0. The zero-order valence-corrected chi connectivity index (χ0v) is 37.1. The van der Waals surface area contributed by atoms with E-state index in [1.165, 1.54) is 66.8 Å². The van der Waals surface area contributed by atoms with Gasteiger partial charge in [-0.1, -0.05) is 182 Å². The highest BCUT2D eigenvalue weighted by atomic mass is 16.4. The smallest absolute Gasteiger partial charge is 0.178 e. The topological polar surface area (TPSA) is 26.3 Å². The predicted octanol–water partition coefficient (Wildman–Crippen LogP) is 18.8. The van der Waals surface area contributed by atoms with Gasteiger partial charge >= 0.3 is 0 Å². The molecule has 0 atom stereocenters. The van der Waals surface area contributed by atoms with Gasteiger partial charge in [0.05, 0.1) is 0 Å². The minimum atomic E-state index is 0.771. The Bertz CT molecular complexity index is 3580. The summed E-state index contributed by atoms with van der Waals surface area (Å²) in [5.41, 5.74) is 22.1. The minimum Gasteiger partial charge on any atom is -0.452 e. The van der Waals surface area contributed by atoms with Crippen molar-refractivity contribution in [1.82, 2.24) is 0 Å². The van der Waals surface area contributed by atoms with Crippen molar-refractivity contribution in [3.8, 4) is 89.0 Å². The molecule has 0 saturated carbocycles. The highest BCUT2D eigenvalue weighted by Crippen LogP contribution is 2.42. The molecule has 68 heavy (non-hydrogen) atoms. The van der Waals surface area contributed by atoms with Gasteiger partial charge in [0.1, 0.15) is 11.2 Å². The van der Waals surface area contributed by atoms with Crippen molar-refractivity contribution in [3.05, 3.63) is 255 Å². The molecule has 0 saturated heterocycles. The van der Waals surface area contributed by atoms with E-state index in [-0.39, 0.29) is 0 Å². The molecule has 0 radical (unpaired) electrons. The molecule has 0 N–H and O–H groups in total.